The number of nitrogens with zero attached hydrogens (tertiary/aromatic N) is 1. The summed E-state index contributed by atoms with van der Waals surface area (Å²) in [6.45, 7) is 4.69. The number of benzene rings is 1. The number of fused-ring (bicyclic) bond motifs is 1. The van der Waals surface area contributed by atoms with E-state index < -0.39 is 0 Å². The van der Waals surface area contributed by atoms with Crippen LogP contribution in [0.3, 0.4) is 0 Å². The molecule has 3 heteroatoms. The largest absolute Gasteiger partial charge is 0.397 e. The first-order chi connectivity index (χ1) is 9.08. The summed E-state index contributed by atoms with van der Waals surface area (Å²) in [6, 6.07) is 8.56. The molecule has 3 rings (SSSR count). The quantitative estimate of drug-likeness (QED) is 0.802. The molecule has 0 radical (unpaired) electrons. The number of nitrogens with two attached hydrogens (primary N) is 1. The van der Waals surface area contributed by atoms with Crippen molar-refractivity contribution in [2.24, 2.45) is 5.41 Å². The van der Waals surface area contributed by atoms with Crippen LogP contribution in [0.4, 0.5) is 11.4 Å². The van der Waals surface area contributed by atoms with Crippen molar-refractivity contribution in [1.29, 1.82) is 0 Å². The topological polar surface area (TPSA) is 50.9 Å². The van der Waals surface area contributed by atoms with Crippen LogP contribution in [-0.4, -0.2) is 11.0 Å². The fraction of sp³-hybridized carbons (Fsp3) is 0.438. The van der Waals surface area contributed by atoms with E-state index in [1.807, 2.05) is 18.3 Å². The van der Waals surface area contributed by atoms with Gasteiger partial charge in [0.25, 0.3) is 0 Å². The number of nitrogens with one attached hydrogen (secondary N) is 1. The van der Waals surface area contributed by atoms with Crippen molar-refractivity contribution in [3.8, 4) is 0 Å². The van der Waals surface area contributed by atoms with Crippen LogP contribution in [0.5, 0.6) is 0 Å². The summed E-state index contributed by atoms with van der Waals surface area (Å²) < 4.78 is 0. The summed E-state index contributed by atoms with van der Waals surface area (Å²) in [5, 5.41) is 4.82. The highest BCUT2D eigenvalue weighted by Gasteiger charge is 2.34. The summed E-state index contributed by atoms with van der Waals surface area (Å²) in [5.74, 6) is 0. The Morgan fingerprint density at radius 2 is 2.16 bits per heavy atom. The van der Waals surface area contributed by atoms with Crippen molar-refractivity contribution >= 4 is 22.3 Å². The van der Waals surface area contributed by atoms with Crippen LogP contribution in [-0.2, 0) is 0 Å². The van der Waals surface area contributed by atoms with Gasteiger partial charge in [-0.2, -0.15) is 0 Å². The Bertz CT molecular complexity index is 604. The molecule has 1 unspecified atom stereocenters. The molecule has 1 aliphatic carbocycles. The Labute approximate surface area is 114 Å². The van der Waals surface area contributed by atoms with Crippen molar-refractivity contribution in [3.05, 3.63) is 30.5 Å². The number of nitrogen functional groups attached to an aromatic ring is 1. The third-order valence-electron chi connectivity index (χ3n) is 4.39. The van der Waals surface area contributed by atoms with Gasteiger partial charge in [0.05, 0.1) is 11.2 Å². The lowest BCUT2D eigenvalue weighted by atomic mass is 9.87. The van der Waals surface area contributed by atoms with E-state index in [-0.39, 0.29) is 0 Å². The Hall–Kier alpha value is -1.77. The van der Waals surface area contributed by atoms with Crippen LogP contribution in [0, 0.1) is 5.41 Å². The molecule has 1 fully saturated rings. The van der Waals surface area contributed by atoms with E-state index >= 15 is 0 Å². The summed E-state index contributed by atoms with van der Waals surface area (Å²) >= 11 is 0. The van der Waals surface area contributed by atoms with Crippen molar-refractivity contribution in [2.45, 2.75) is 39.2 Å². The lowest BCUT2D eigenvalue weighted by Gasteiger charge is -2.29. The SMILES string of the molecule is CC1(C)CCCC1Nc1ccnc2c(N)cccc12. The molecule has 0 amide bonds. The Kier molecular flexibility index (Phi) is 2.85. The predicted molar refractivity (Wildman–Crippen MR) is 81.2 cm³/mol. The van der Waals surface area contributed by atoms with Gasteiger partial charge >= 0.3 is 0 Å². The predicted octanol–water partition coefficient (Wildman–Crippen LogP) is 3.81. The maximum Gasteiger partial charge on any atom is 0.0951 e. The monoisotopic (exact) mass is 255 g/mol. The zero-order valence-electron chi connectivity index (χ0n) is 11.6. The maximum absolute atomic E-state index is 6.00. The first-order valence-electron chi connectivity index (χ1n) is 6.98. The fourth-order valence-electron chi connectivity index (χ4n) is 3.11. The minimum absolute atomic E-state index is 0.357. The van der Waals surface area contributed by atoms with Gasteiger partial charge in [-0.3, -0.25) is 4.98 Å². The summed E-state index contributed by atoms with van der Waals surface area (Å²) in [7, 11) is 0. The first-order valence-corrected chi connectivity index (χ1v) is 6.98. The zero-order valence-corrected chi connectivity index (χ0v) is 11.6. The molecule has 1 aromatic carbocycles. The average molecular weight is 255 g/mol. The number of aromatic nitrogens is 1. The van der Waals surface area contributed by atoms with E-state index in [2.05, 4.69) is 36.3 Å². The second kappa shape index (κ2) is 4.41. The molecule has 1 heterocycles. The Morgan fingerprint density at radius 1 is 1.32 bits per heavy atom. The molecule has 0 bridgehead atoms. The highest BCUT2D eigenvalue weighted by Crippen LogP contribution is 2.40. The highest BCUT2D eigenvalue weighted by atomic mass is 15.0. The van der Waals surface area contributed by atoms with Gasteiger partial charge in [0, 0.05) is 23.3 Å². The molecule has 2 aromatic rings. The normalized spacial score (nSPS) is 21.7. The Morgan fingerprint density at radius 3 is 2.89 bits per heavy atom. The lowest BCUT2D eigenvalue weighted by molar-refractivity contribution is 0.350. The van der Waals surface area contributed by atoms with Gasteiger partial charge in [-0.15, -0.1) is 0 Å². The molecule has 0 spiro atoms. The number of pyridine rings is 1. The second-order valence-electron chi connectivity index (χ2n) is 6.18. The number of para-hydroxylation sites is 1. The van der Waals surface area contributed by atoms with Gasteiger partial charge in [-0.25, -0.2) is 0 Å². The van der Waals surface area contributed by atoms with Gasteiger partial charge in [0.1, 0.15) is 0 Å². The third-order valence-corrected chi connectivity index (χ3v) is 4.39. The smallest absolute Gasteiger partial charge is 0.0951 e. The highest BCUT2D eigenvalue weighted by molar-refractivity contribution is 5.97. The van der Waals surface area contributed by atoms with Crippen molar-refractivity contribution in [3.63, 3.8) is 0 Å². The van der Waals surface area contributed by atoms with Gasteiger partial charge in [-0.1, -0.05) is 32.4 Å². The van der Waals surface area contributed by atoms with E-state index in [9.17, 15) is 0 Å². The molecule has 0 aliphatic heterocycles. The van der Waals surface area contributed by atoms with Crippen LogP contribution in [0.2, 0.25) is 0 Å². The van der Waals surface area contributed by atoms with E-state index in [0.717, 1.165) is 22.3 Å². The molecule has 19 heavy (non-hydrogen) atoms. The van der Waals surface area contributed by atoms with Crippen LogP contribution >= 0.6 is 0 Å². The molecule has 3 N–H and O–H groups in total. The standard InChI is InChI=1S/C16H21N3/c1-16(2)9-4-7-14(16)19-13-8-10-18-15-11(13)5-3-6-12(15)17/h3,5-6,8,10,14H,4,7,9,17H2,1-2H3,(H,18,19). The summed E-state index contributed by atoms with van der Waals surface area (Å²) in [6.07, 6.45) is 5.66. The summed E-state index contributed by atoms with van der Waals surface area (Å²) in [4.78, 5) is 4.39. The van der Waals surface area contributed by atoms with Gasteiger partial charge < -0.3 is 11.1 Å². The van der Waals surface area contributed by atoms with E-state index in [4.69, 9.17) is 5.73 Å². The van der Waals surface area contributed by atoms with Crippen molar-refractivity contribution < 1.29 is 0 Å². The molecule has 1 atom stereocenters. The number of hydrogen-bond donors (Lipinski definition) is 2. The molecular weight excluding hydrogens is 234 g/mol. The van der Waals surface area contributed by atoms with Crippen LogP contribution in [0.25, 0.3) is 10.9 Å². The van der Waals surface area contributed by atoms with Gasteiger partial charge in [-0.05, 0) is 30.4 Å². The first kappa shape index (κ1) is 12.3. The maximum atomic E-state index is 6.00. The molecule has 3 nitrogen and oxygen atoms in total. The molecule has 0 saturated heterocycles. The fourth-order valence-corrected chi connectivity index (χ4v) is 3.11. The van der Waals surface area contributed by atoms with Crippen molar-refractivity contribution in [2.75, 3.05) is 11.1 Å². The molecule has 100 valence electrons. The molecule has 1 saturated carbocycles. The number of rotatable bonds is 2. The summed E-state index contributed by atoms with van der Waals surface area (Å²) in [5.41, 5.74) is 9.14. The molecule has 1 aromatic heterocycles. The van der Waals surface area contributed by atoms with Gasteiger partial charge in [0.15, 0.2) is 0 Å². The number of hydrogen-bond acceptors (Lipinski definition) is 3. The molecular formula is C16H21N3. The minimum Gasteiger partial charge on any atom is -0.397 e. The van der Waals surface area contributed by atoms with E-state index in [1.165, 1.54) is 19.3 Å². The Balaban J connectivity index is 2.00. The van der Waals surface area contributed by atoms with E-state index in [0.29, 0.717) is 11.5 Å². The van der Waals surface area contributed by atoms with Gasteiger partial charge in [0.2, 0.25) is 0 Å². The van der Waals surface area contributed by atoms with Crippen LogP contribution in [0.1, 0.15) is 33.1 Å². The average Bonchev–Trinajstić information content (AvgIpc) is 2.70. The minimum atomic E-state index is 0.357. The van der Waals surface area contributed by atoms with E-state index in [1.54, 1.807) is 0 Å². The molecule has 1 aliphatic rings. The lowest BCUT2D eigenvalue weighted by Crippen LogP contribution is -2.30. The van der Waals surface area contributed by atoms with Crippen molar-refractivity contribution in [1.82, 2.24) is 4.98 Å². The van der Waals surface area contributed by atoms with Crippen LogP contribution < -0.4 is 11.1 Å². The number of anilines is 2. The zero-order chi connectivity index (χ0) is 13.5. The third kappa shape index (κ3) is 2.14. The van der Waals surface area contributed by atoms with Crippen LogP contribution in [0.15, 0.2) is 30.5 Å². The second-order valence-corrected chi connectivity index (χ2v) is 6.18.